The number of imidazole rings is 1. The molecule has 1 amide bonds. The zero-order chi connectivity index (χ0) is 17.5. The highest BCUT2D eigenvalue weighted by Gasteiger charge is 2.48. The highest BCUT2D eigenvalue weighted by molar-refractivity contribution is 5.94. The highest BCUT2D eigenvalue weighted by atomic mass is 16.6. The van der Waals surface area contributed by atoms with Gasteiger partial charge in [-0.1, -0.05) is 6.07 Å². The van der Waals surface area contributed by atoms with Crippen LogP contribution in [0.5, 0.6) is 0 Å². The lowest BCUT2D eigenvalue weighted by atomic mass is 9.91. The first kappa shape index (κ1) is 16.3. The monoisotopic (exact) mass is 341 g/mol. The lowest BCUT2D eigenvalue weighted by Gasteiger charge is -2.40. The van der Waals surface area contributed by atoms with Gasteiger partial charge in [0.1, 0.15) is 5.60 Å². The topological polar surface area (TPSA) is 56.6 Å². The summed E-state index contributed by atoms with van der Waals surface area (Å²) in [6.07, 6.45) is 6.12. The van der Waals surface area contributed by atoms with Gasteiger partial charge in [-0.05, 0) is 32.0 Å². The van der Waals surface area contributed by atoms with Crippen molar-refractivity contribution in [2.75, 3.05) is 26.3 Å². The van der Waals surface area contributed by atoms with Crippen LogP contribution in [0.25, 0.3) is 5.69 Å². The number of hydrogen-bond acceptors (Lipinski definition) is 4. The number of amides is 1. The van der Waals surface area contributed by atoms with Gasteiger partial charge in [-0.25, -0.2) is 4.98 Å². The highest BCUT2D eigenvalue weighted by Crippen LogP contribution is 2.37. The molecule has 1 aromatic heterocycles. The number of morpholine rings is 1. The van der Waals surface area contributed by atoms with Crippen molar-refractivity contribution in [1.82, 2.24) is 14.5 Å². The second kappa shape index (κ2) is 5.97. The summed E-state index contributed by atoms with van der Waals surface area (Å²) in [6.45, 7) is 6.41. The van der Waals surface area contributed by atoms with Gasteiger partial charge in [0, 0.05) is 36.6 Å². The Morgan fingerprint density at radius 3 is 2.88 bits per heavy atom. The van der Waals surface area contributed by atoms with Crippen molar-refractivity contribution >= 4 is 5.91 Å². The summed E-state index contributed by atoms with van der Waals surface area (Å²) in [4.78, 5) is 19.0. The van der Waals surface area contributed by atoms with Gasteiger partial charge < -0.3 is 18.9 Å². The summed E-state index contributed by atoms with van der Waals surface area (Å²) in [5.41, 5.74) is 1.03. The maximum absolute atomic E-state index is 13.0. The molecule has 2 aromatic rings. The molecular weight excluding hydrogens is 318 g/mol. The normalized spacial score (nSPS) is 25.4. The number of rotatable bonds is 2. The molecule has 132 valence electrons. The molecule has 4 rings (SSSR count). The summed E-state index contributed by atoms with van der Waals surface area (Å²) in [7, 11) is 0. The molecule has 6 nitrogen and oxygen atoms in total. The smallest absolute Gasteiger partial charge is 0.254 e. The van der Waals surface area contributed by atoms with E-state index in [1.54, 1.807) is 12.5 Å². The average Bonchev–Trinajstić information content (AvgIpc) is 3.23. The van der Waals surface area contributed by atoms with Crippen molar-refractivity contribution in [2.45, 2.75) is 31.5 Å². The van der Waals surface area contributed by atoms with E-state index in [9.17, 15) is 4.79 Å². The van der Waals surface area contributed by atoms with Crippen LogP contribution in [0.4, 0.5) is 0 Å². The number of hydrogen-bond donors (Lipinski definition) is 0. The van der Waals surface area contributed by atoms with E-state index in [0.29, 0.717) is 31.9 Å². The van der Waals surface area contributed by atoms with Gasteiger partial charge in [-0.15, -0.1) is 0 Å². The molecule has 3 heterocycles. The first-order valence-electron chi connectivity index (χ1n) is 8.62. The Kier molecular flexibility index (Phi) is 3.89. The molecule has 0 radical (unpaired) electrons. The molecule has 1 aromatic carbocycles. The van der Waals surface area contributed by atoms with E-state index in [2.05, 4.69) is 18.8 Å². The molecule has 2 aliphatic heterocycles. The average molecular weight is 341 g/mol. The van der Waals surface area contributed by atoms with Gasteiger partial charge in [0.25, 0.3) is 5.91 Å². The van der Waals surface area contributed by atoms with Crippen molar-refractivity contribution in [2.24, 2.45) is 0 Å². The van der Waals surface area contributed by atoms with E-state index in [1.165, 1.54) is 0 Å². The van der Waals surface area contributed by atoms with Gasteiger partial charge in [0.15, 0.2) is 0 Å². The molecule has 1 atom stereocenters. The van der Waals surface area contributed by atoms with Gasteiger partial charge in [-0.2, -0.15) is 0 Å². The summed E-state index contributed by atoms with van der Waals surface area (Å²) < 4.78 is 13.8. The number of carbonyl (C=O) groups is 1. The van der Waals surface area contributed by atoms with E-state index in [0.717, 1.165) is 12.1 Å². The lowest BCUT2D eigenvalue weighted by molar-refractivity contribution is -0.0998. The van der Waals surface area contributed by atoms with Gasteiger partial charge in [-0.3, -0.25) is 4.79 Å². The molecule has 0 N–H and O–H groups in total. The summed E-state index contributed by atoms with van der Waals surface area (Å²) >= 11 is 0. The van der Waals surface area contributed by atoms with Crippen LogP contribution >= 0.6 is 0 Å². The number of carbonyl (C=O) groups excluding carboxylic acids is 1. The van der Waals surface area contributed by atoms with Crippen LogP contribution in [0.3, 0.4) is 0 Å². The van der Waals surface area contributed by atoms with Crippen molar-refractivity contribution in [3.63, 3.8) is 0 Å². The van der Waals surface area contributed by atoms with Crippen LogP contribution in [-0.4, -0.2) is 57.9 Å². The Morgan fingerprint density at radius 1 is 1.28 bits per heavy atom. The van der Waals surface area contributed by atoms with Crippen LogP contribution in [0.15, 0.2) is 43.0 Å². The van der Waals surface area contributed by atoms with E-state index in [4.69, 9.17) is 9.47 Å². The largest absolute Gasteiger partial charge is 0.372 e. The first-order chi connectivity index (χ1) is 12.0. The molecule has 2 saturated heterocycles. The Bertz CT molecular complexity index is 772. The van der Waals surface area contributed by atoms with Crippen molar-refractivity contribution in [3.8, 4) is 5.69 Å². The van der Waals surface area contributed by atoms with Crippen molar-refractivity contribution < 1.29 is 14.3 Å². The zero-order valence-corrected chi connectivity index (χ0v) is 14.6. The van der Waals surface area contributed by atoms with Crippen molar-refractivity contribution in [1.29, 1.82) is 0 Å². The Labute approximate surface area is 147 Å². The first-order valence-corrected chi connectivity index (χ1v) is 8.62. The maximum atomic E-state index is 13.0. The molecule has 1 unspecified atom stereocenters. The molecule has 0 bridgehead atoms. The third-order valence-corrected chi connectivity index (χ3v) is 4.91. The quantitative estimate of drug-likeness (QED) is 0.841. The van der Waals surface area contributed by atoms with Crippen LogP contribution < -0.4 is 0 Å². The Hall–Kier alpha value is -2.18. The number of aromatic nitrogens is 2. The minimum absolute atomic E-state index is 0.0364. The summed E-state index contributed by atoms with van der Waals surface area (Å²) in [6, 6.07) is 7.63. The van der Waals surface area contributed by atoms with Crippen LogP contribution in [0.1, 0.15) is 30.6 Å². The molecule has 1 spiro atoms. The second-order valence-electron chi connectivity index (χ2n) is 7.50. The number of ether oxygens (including phenoxy) is 2. The molecule has 2 aliphatic rings. The van der Waals surface area contributed by atoms with Gasteiger partial charge in [0.2, 0.25) is 0 Å². The van der Waals surface area contributed by atoms with Crippen LogP contribution in [0, 0.1) is 0 Å². The molecule has 25 heavy (non-hydrogen) atoms. The van der Waals surface area contributed by atoms with Gasteiger partial charge in [0.05, 0.1) is 31.7 Å². The molecular formula is C19H23N3O3. The number of nitrogens with zero attached hydrogens (tertiary/aromatic N) is 3. The summed E-state index contributed by atoms with van der Waals surface area (Å²) in [5.74, 6) is 0.0364. The van der Waals surface area contributed by atoms with Crippen molar-refractivity contribution in [3.05, 3.63) is 48.5 Å². The molecule has 2 fully saturated rings. The summed E-state index contributed by atoms with van der Waals surface area (Å²) in [5, 5.41) is 0. The fourth-order valence-corrected chi connectivity index (χ4v) is 3.81. The molecule has 0 saturated carbocycles. The fraction of sp³-hybridized carbons (Fsp3) is 0.474. The third-order valence-electron chi connectivity index (χ3n) is 4.91. The minimum atomic E-state index is -0.376. The van der Waals surface area contributed by atoms with E-state index in [1.807, 2.05) is 39.9 Å². The second-order valence-corrected chi connectivity index (χ2v) is 7.50. The van der Waals surface area contributed by atoms with Gasteiger partial charge >= 0.3 is 0 Å². The lowest BCUT2D eigenvalue weighted by Crippen LogP contribution is -2.54. The standard InChI is InChI=1S/C19H23N3O3/c1-18(2)11-19(13-25-18)12-21(8-9-24-19)17(23)15-4-3-5-16(10-15)22-7-6-20-14-22/h3-7,10,14H,8-9,11-13H2,1-2H3. The Morgan fingerprint density at radius 2 is 2.16 bits per heavy atom. The SMILES string of the molecule is CC1(C)CC2(CO1)CN(C(=O)c1cccc(-n3ccnc3)c1)CCO2. The molecule has 0 aliphatic carbocycles. The number of benzene rings is 1. The molecule has 6 heteroatoms. The van der Waals surface area contributed by atoms with E-state index >= 15 is 0 Å². The maximum Gasteiger partial charge on any atom is 0.254 e. The Balaban J connectivity index is 1.54. The predicted octanol–water partition coefficient (Wildman–Crippen LogP) is 2.28. The minimum Gasteiger partial charge on any atom is -0.372 e. The van der Waals surface area contributed by atoms with Crippen LogP contribution in [0.2, 0.25) is 0 Å². The third kappa shape index (κ3) is 3.19. The predicted molar refractivity (Wildman–Crippen MR) is 92.8 cm³/mol. The van der Waals surface area contributed by atoms with E-state index in [-0.39, 0.29) is 17.1 Å². The fourth-order valence-electron chi connectivity index (χ4n) is 3.81. The van der Waals surface area contributed by atoms with E-state index < -0.39 is 0 Å². The zero-order valence-electron chi connectivity index (χ0n) is 14.6. The van der Waals surface area contributed by atoms with Crippen LogP contribution in [-0.2, 0) is 9.47 Å².